The number of fused-ring (bicyclic) bond motifs is 1. The maximum Gasteiger partial charge on any atom is 0.331 e. The van der Waals surface area contributed by atoms with Crippen LogP contribution in [0.3, 0.4) is 0 Å². The van der Waals surface area contributed by atoms with Crippen molar-refractivity contribution < 1.29 is 14.7 Å². The fourth-order valence-corrected chi connectivity index (χ4v) is 3.93. The van der Waals surface area contributed by atoms with Crippen LogP contribution in [0.4, 0.5) is 0 Å². The SMILES string of the molecule is O=C(O)C1c2ccsc2CCN1C(=O)c1cccs1. The number of hydrogen-bond acceptors (Lipinski definition) is 4. The summed E-state index contributed by atoms with van der Waals surface area (Å²) >= 11 is 2.90. The highest BCUT2D eigenvalue weighted by Gasteiger charge is 2.37. The van der Waals surface area contributed by atoms with Gasteiger partial charge in [0.25, 0.3) is 5.91 Å². The van der Waals surface area contributed by atoms with E-state index in [9.17, 15) is 14.7 Å². The number of carboxylic acids is 1. The van der Waals surface area contributed by atoms with Crippen LogP contribution in [-0.2, 0) is 11.2 Å². The molecule has 19 heavy (non-hydrogen) atoms. The summed E-state index contributed by atoms with van der Waals surface area (Å²) in [4.78, 5) is 27.0. The molecule has 2 aromatic heterocycles. The Morgan fingerprint density at radius 2 is 2.11 bits per heavy atom. The van der Waals surface area contributed by atoms with Crippen molar-refractivity contribution in [1.82, 2.24) is 4.90 Å². The quantitative estimate of drug-likeness (QED) is 0.926. The number of carboxylic acid groups (broad SMARTS) is 1. The number of carbonyl (C=O) groups excluding carboxylic acids is 1. The van der Waals surface area contributed by atoms with Crippen molar-refractivity contribution in [2.24, 2.45) is 0 Å². The Balaban J connectivity index is 1.98. The second kappa shape index (κ2) is 4.79. The molecular weight excluding hydrogens is 282 g/mol. The van der Waals surface area contributed by atoms with E-state index in [1.807, 2.05) is 16.8 Å². The van der Waals surface area contributed by atoms with Crippen LogP contribution < -0.4 is 0 Å². The minimum atomic E-state index is -0.968. The molecule has 0 bridgehead atoms. The highest BCUT2D eigenvalue weighted by Crippen LogP contribution is 2.34. The van der Waals surface area contributed by atoms with Crippen LogP contribution in [0, 0.1) is 0 Å². The largest absolute Gasteiger partial charge is 0.479 e. The van der Waals surface area contributed by atoms with Gasteiger partial charge in [-0.1, -0.05) is 6.07 Å². The van der Waals surface area contributed by atoms with Crippen molar-refractivity contribution in [1.29, 1.82) is 0 Å². The van der Waals surface area contributed by atoms with Crippen molar-refractivity contribution in [2.45, 2.75) is 12.5 Å². The summed E-state index contributed by atoms with van der Waals surface area (Å²) in [5.41, 5.74) is 0.758. The molecule has 4 nitrogen and oxygen atoms in total. The molecule has 3 heterocycles. The second-order valence-electron chi connectivity index (χ2n) is 4.27. The third-order valence-corrected chi connectivity index (χ3v) is 5.05. The summed E-state index contributed by atoms with van der Waals surface area (Å²) in [6.07, 6.45) is 0.730. The van der Waals surface area contributed by atoms with Crippen LogP contribution in [0.5, 0.6) is 0 Å². The van der Waals surface area contributed by atoms with Gasteiger partial charge in [-0.2, -0.15) is 0 Å². The molecule has 6 heteroatoms. The molecule has 98 valence electrons. The van der Waals surface area contributed by atoms with Gasteiger partial charge in [-0.15, -0.1) is 22.7 Å². The lowest BCUT2D eigenvalue weighted by molar-refractivity contribution is -0.142. The van der Waals surface area contributed by atoms with E-state index >= 15 is 0 Å². The molecule has 0 radical (unpaired) electrons. The average Bonchev–Trinajstić information content (AvgIpc) is 3.06. The molecule has 0 aliphatic carbocycles. The van der Waals surface area contributed by atoms with E-state index in [4.69, 9.17) is 0 Å². The molecule has 3 rings (SSSR count). The van der Waals surface area contributed by atoms with Crippen molar-refractivity contribution >= 4 is 34.6 Å². The highest BCUT2D eigenvalue weighted by atomic mass is 32.1. The highest BCUT2D eigenvalue weighted by molar-refractivity contribution is 7.12. The first-order valence-electron chi connectivity index (χ1n) is 5.82. The Kier molecular flexibility index (Phi) is 3.12. The Morgan fingerprint density at radius 3 is 2.79 bits per heavy atom. The van der Waals surface area contributed by atoms with Gasteiger partial charge in [0, 0.05) is 11.4 Å². The average molecular weight is 293 g/mol. The predicted octanol–water partition coefficient (Wildman–Crippen LogP) is 2.63. The number of amides is 1. The first kappa shape index (κ1) is 12.4. The molecule has 1 N–H and O–H groups in total. The summed E-state index contributed by atoms with van der Waals surface area (Å²) in [6.45, 7) is 0.460. The molecule has 1 aliphatic rings. The lowest BCUT2D eigenvalue weighted by atomic mass is 10.00. The molecule has 1 aliphatic heterocycles. The van der Waals surface area contributed by atoms with E-state index in [0.717, 1.165) is 16.9 Å². The van der Waals surface area contributed by atoms with Gasteiger partial charge in [-0.3, -0.25) is 4.79 Å². The normalized spacial score (nSPS) is 18.1. The van der Waals surface area contributed by atoms with Crippen molar-refractivity contribution in [2.75, 3.05) is 6.54 Å². The lowest BCUT2D eigenvalue weighted by Gasteiger charge is -2.32. The molecule has 1 amide bonds. The fourth-order valence-electron chi connectivity index (χ4n) is 2.34. The molecule has 0 fully saturated rings. The third-order valence-electron chi connectivity index (χ3n) is 3.19. The van der Waals surface area contributed by atoms with Crippen LogP contribution in [0.2, 0.25) is 0 Å². The van der Waals surface area contributed by atoms with Gasteiger partial charge in [-0.25, -0.2) is 4.79 Å². The maximum absolute atomic E-state index is 12.4. The number of aliphatic carboxylic acids is 1. The Bertz CT molecular complexity index is 618. The predicted molar refractivity (Wildman–Crippen MR) is 73.8 cm³/mol. The van der Waals surface area contributed by atoms with Gasteiger partial charge in [0.05, 0.1) is 4.88 Å². The molecule has 1 unspecified atom stereocenters. The van der Waals surface area contributed by atoms with Crippen LogP contribution in [0.1, 0.15) is 26.2 Å². The first-order valence-corrected chi connectivity index (χ1v) is 7.58. The molecular formula is C13H11NO3S2. The topological polar surface area (TPSA) is 57.6 Å². The van der Waals surface area contributed by atoms with Crippen LogP contribution in [-0.4, -0.2) is 28.4 Å². The minimum Gasteiger partial charge on any atom is -0.479 e. The van der Waals surface area contributed by atoms with Crippen molar-refractivity contribution in [3.8, 4) is 0 Å². The van der Waals surface area contributed by atoms with Crippen LogP contribution in [0.25, 0.3) is 0 Å². The minimum absolute atomic E-state index is 0.195. The van der Waals surface area contributed by atoms with Gasteiger partial charge in [0.15, 0.2) is 6.04 Å². The lowest BCUT2D eigenvalue weighted by Crippen LogP contribution is -2.42. The maximum atomic E-state index is 12.4. The number of hydrogen-bond donors (Lipinski definition) is 1. The Labute approximate surface area is 117 Å². The van der Waals surface area contributed by atoms with Crippen LogP contribution >= 0.6 is 22.7 Å². The third kappa shape index (κ3) is 2.06. The zero-order chi connectivity index (χ0) is 13.4. The fraction of sp³-hybridized carbons (Fsp3) is 0.231. The second-order valence-corrected chi connectivity index (χ2v) is 6.21. The summed E-state index contributed by atoms with van der Waals surface area (Å²) in [6, 6.07) is 4.49. The summed E-state index contributed by atoms with van der Waals surface area (Å²) in [7, 11) is 0. The van der Waals surface area contributed by atoms with Gasteiger partial charge in [-0.05, 0) is 34.9 Å². The monoisotopic (exact) mass is 293 g/mol. The van der Waals surface area contributed by atoms with Crippen molar-refractivity contribution in [3.05, 3.63) is 44.3 Å². The first-order chi connectivity index (χ1) is 9.18. The smallest absolute Gasteiger partial charge is 0.331 e. The molecule has 0 aromatic carbocycles. The van der Waals surface area contributed by atoms with E-state index in [0.29, 0.717) is 11.4 Å². The van der Waals surface area contributed by atoms with Gasteiger partial charge < -0.3 is 10.0 Å². The number of thiophene rings is 2. The van der Waals surface area contributed by atoms with Gasteiger partial charge >= 0.3 is 5.97 Å². The Hall–Kier alpha value is -1.66. The molecule has 2 aromatic rings. The molecule has 0 saturated heterocycles. The molecule has 0 saturated carbocycles. The molecule has 1 atom stereocenters. The van der Waals surface area contributed by atoms with Crippen LogP contribution in [0.15, 0.2) is 29.0 Å². The Morgan fingerprint density at radius 1 is 1.26 bits per heavy atom. The van der Waals surface area contributed by atoms with E-state index in [2.05, 4.69) is 0 Å². The number of nitrogens with zero attached hydrogens (tertiary/aromatic N) is 1. The van der Waals surface area contributed by atoms with E-state index in [-0.39, 0.29) is 5.91 Å². The summed E-state index contributed by atoms with van der Waals surface area (Å²) < 4.78 is 0. The van der Waals surface area contributed by atoms with E-state index < -0.39 is 12.0 Å². The summed E-state index contributed by atoms with van der Waals surface area (Å²) in [5, 5.41) is 13.1. The van der Waals surface area contributed by atoms with Gasteiger partial charge in [0.1, 0.15) is 0 Å². The van der Waals surface area contributed by atoms with E-state index in [1.54, 1.807) is 23.5 Å². The van der Waals surface area contributed by atoms with E-state index in [1.165, 1.54) is 16.2 Å². The molecule has 0 spiro atoms. The zero-order valence-corrected chi connectivity index (χ0v) is 11.5. The number of rotatable bonds is 2. The standard InChI is InChI=1S/C13H11NO3S2/c15-12(10-2-1-6-18-10)14-5-3-9-8(4-7-19-9)11(14)13(16)17/h1-2,4,6-7,11H,3,5H2,(H,16,17). The number of carbonyl (C=O) groups is 2. The zero-order valence-electron chi connectivity index (χ0n) is 9.91. The van der Waals surface area contributed by atoms with Gasteiger partial charge in [0.2, 0.25) is 0 Å². The van der Waals surface area contributed by atoms with Crippen molar-refractivity contribution in [3.63, 3.8) is 0 Å². The summed E-state index contributed by atoms with van der Waals surface area (Å²) in [5.74, 6) is -1.16.